The molecule has 22 heavy (non-hydrogen) atoms. The molecule has 0 radical (unpaired) electrons. The zero-order chi connectivity index (χ0) is 17.0. The van der Waals surface area contributed by atoms with E-state index in [1.807, 2.05) is 0 Å². The second-order valence-corrected chi connectivity index (χ2v) is 5.22. The van der Waals surface area contributed by atoms with Gasteiger partial charge in [0.1, 0.15) is 13.2 Å². The van der Waals surface area contributed by atoms with E-state index in [1.54, 1.807) is 27.7 Å². The molecule has 0 rings (SSSR count). The molecule has 0 aliphatic carbocycles. The van der Waals surface area contributed by atoms with E-state index in [-0.39, 0.29) is 26.4 Å². The second kappa shape index (κ2) is 12.0. The van der Waals surface area contributed by atoms with Crippen LogP contribution >= 0.6 is 8.25 Å². The fraction of sp³-hybridized carbons (Fsp3) is 0.571. The van der Waals surface area contributed by atoms with Gasteiger partial charge in [-0.2, -0.15) is 0 Å². The van der Waals surface area contributed by atoms with Crippen molar-refractivity contribution < 1.29 is 32.7 Å². The minimum Gasteiger partial charge on any atom is -0.463 e. The summed E-state index contributed by atoms with van der Waals surface area (Å²) >= 11 is 0. The largest absolute Gasteiger partial charge is 0.698 e. The monoisotopic (exact) mass is 333 g/mol. The van der Waals surface area contributed by atoms with Gasteiger partial charge in [-0.3, -0.25) is 0 Å². The van der Waals surface area contributed by atoms with E-state index in [9.17, 15) is 14.2 Å². The van der Waals surface area contributed by atoms with Crippen molar-refractivity contribution in [1.82, 2.24) is 0 Å². The minimum absolute atomic E-state index is 0.0192. The third-order valence-electron chi connectivity index (χ3n) is 2.10. The highest BCUT2D eigenvalue weighted by Crippen LogP contribution is 2.25. The second-order valence-electron chi connectivity index (χ2n) is 4.26. The Morgan fingerprint density at radius 3 is 1.55 bits per heavy atom. The number of hydrogen-bond acceptors (Lipinski definition) is 7. The molecule has 0 fully saturated rings. The summed E-state index contributed by atoms with van der Waals surface area (Å²) in [6.07, 6.45) is 2.52. The molecule has 0 saturated heterocycles. The van der Waals surface area contributed by atoms with Crippen molar-refractivity contribution in [2.45, 2.75) is 27.7 Å². The molecule has 0 atom stereocenters. The number of rotatable bonds is 10. The van der Waals surface area contributed by atoms with Crippen molar-refractivity contribution in [3.8, 4) is 0 Å². The lowest BCUT2D eigenvalue weighted by Gasteiger charge is -1.98. The summed E-state index contributed by atoms with van der Waals surface area (Å²) in [6.45, 7) is 7.23. The van der Waals surface area contributed by atoms with Crippen LogP contribution in [0.2, 0.25) is 0 Å². The predicted octanol–water partition coefficient (Wildman–Crippen LogP) is 2.70. The van der Waals surface area contributed by atoms with Crippen molar-refractivity contribution in [2.75, 3.05) is 26.4 Å². The van der Waals surface area contributed by atoms with Crippen molar-refractivity contribution in [3.63, 3.8) is 0 Å². The van der Waals surface area contributed by atoms with Crippen LogP contribution in [0.5, 0.6) is 0 Å². The Bertz CT molecular complexity index is 414. The van der Waals surface area contributed by atoms with Crippen LogP contribution in [0.4, 0.5) is 0 Å². The van der Waals surface area contributed by atoms with Crippen molar-refractivity contribution >= 4 is 20.2 Å². The Hall–Kier alpha value is -1.56. The van der Waals surface area contributed by atoms with Crippen LogP contribution in [0.1, 0.15) is 27.7 Å². The molecule has 0 aromatic carbocycles. The summed E-state index contributed by atoms with van der Waals surface area (Å²) in [7, 11) is -2.35. The van der Waals surface area contributed by atoms with Crippen molar-refractivity contribution in [3.05, 3.63) is 23.3 Å². The van der Waals surface area contributed by atoms with E-state index in [0.29, 0.717) is 11.1 Å². The van der Waals surface area contributed by atoms with Crippen LogP contribution < -0.4 is 0 Å². The van der Waals surface area contributed by atoms with E-state index in [4.69, 9.17) is 18.5 Å². The van der Waals surface area contributed by atoms with Gasteiger partial charge in [-0.25, -0.2) is 9.59 Å². The van der Waals surface area contributed by atoms with Gasteiger partial charge in [0.05, 0.1) is 13.2 Å². The Kier molecular flexibility index (Phi) is 11.2. The lowest BCUT2D eigenvalue weighted by atomic mass is 10.3. The lowest BCUT2D eigenvalue weighted by Crippen LogP contribution is -2.03. The first-order valence-electron chi connectivity index (χ1n) is 6.79. The Morgan fingerprint density at radius 1 is 0.864 bits per heavy atom. The quantitative estimate of drug-likeness (QED) is 0.345. The summed E-state index contributed by atoms with van der Waals surface area (Å²) < 4.78 is 30.9. The normalized spacial score (nSPS) is 12.8. The number of carbonyl (C=O) groups is 2. The van der Waals surface area contributed by atoms with Crippen molar-refractivity contribution in [2.24, 2.45) is 0 Å². The molecular weight excluding hydrogens is 311 g/mol. The third kappa shape index (κ3) is 11.1. The van der Waals surface area contributed by atoms with Crippen LogP contribution in [0, 0.1) is 0 Å². The van der Waals surface area contributed by atoms with Gasteiger partial charge in [-0.05, 0) is 38.8 Å². The molecule has 0 aliphatic rings. The van der Waals surface area contributed by atoms with Crippen molar-refractivity contribution in [1.29, 1.82) is 0 Å². The Morgan fingerprint density at radius 2 is 1.23 bits per heavy atom. The first-order chi connectivity index (χ1) is 10.4. The predicted molar refractivity (Wildman–Crippen MR) is 80.3 cm³/mol. The molecule has 0 spiro atoms. The molecule has 0 amide bonds. The highest BCUT2D eigenvalue weighted by molar-refractivity contribution is 7.33. The van der Waals surface area contributed by atoms with E-state index >= 15 is 0 Å². The topological polar surface area (TPSA) is 88.1 Å². The van der Waals surface area contributed by atoms with Gasteiger partial charge >= 0.3 is 20.2 Å². The zero-order valence-electron chi connectivity index (χ0n) is 13.3. The van der Waals surface area contributed by atoms with Crippen LogP contribution in [-0.4, -0.2) is 38.4 Å². The summed E-state index contributed by atoms with van der Waals surface area (Å²) in [5, 5.41) is 0. The maximum absolute atomic E-state index is 11.5. The number of esters is 2. The lowest BCUT2D eigenvalue weighted by molar-refractivity contribution is -0.138. The minimum atomic E-state index is -2.35. The van der Waals surface area contributed by atoms with E-state index in [1.165, 1.54) is 12.2 Å². The zero-order valence-corrected chi connectivity index (χ0v) is 14.2. The smallest absolute Gasteiger partial charge is 0.463 e. The molecule has 0 heterocycles. The van der Waals surface area contributed by atoms with E-state index < -0.39 is 20.2 Å². The molecule has 124 valence electrons. The fourth-order valence-corrected chi connectivity index (χ4v) is 1.89. The van der Waals surface area contributed by atoms with Gasteiger partial charge in [0.2, 0.25) is 0 Å². The molecule has 0 aromatic heterocycles. The molecule has 0 saturated carbocycles. The third-order valence-corrected chi connectivity index (χ3v) is 2.78. The first kappa shape index (κ1) is 20.4. The molecule has 0 aromatic rings. The maximum Gasteiger partial charge on any atom is 0.698 e. The molecule has 0 aliphatic heterocycles. The molecule has 8 heteroatoms. The Balaban J connectivity index is 4.09. The fourth-order valence-electron chi connectivity index (χ4n) is 1.20. The Labute approximate surface area is 131 Å². The number of ether oxygens (including phenoxy) is 2. The molecule has 0 bridgehead atoms. The average molecular weight is 333 g/mol. The van der Waals surface area contributed by atoms with Crippen LogP contribution in [-0.2, 0) is 32.7 Å². The van der Waals surface area contributed by atoms with E-state index in [0.717, 1.165) is 0 Å². The summed E-state index contributed by atoms with van der Waals surface area (Å²) in [4.78, 5) is 22.3. The summed E-state index contributed by atoms with van der Waals surface area (Å²) in [5.41, 5.74) is 1.12. The van der Waals surface area contributed by atoms with E-state index in [2.05, 4.69) is 0 Å². The van der Waals surface area contributed by atoms with Gasteiger partial charge in [-0.1, -0.05) is 0 Å². The van der Waals surface area contributed by atoms with Gasteiger partial charge in [0, 0.05) is 16.7 Å². The van der Waals surface area contributed by atoms with Gasteiger partial charge in [-0.15, -0.1) is 9.05 Å². The molecule has 0 unspecified atom stereocenters. The maximum atomic E-state index is 11.5. The first-order valence-corrected chi connectivity index (χ1v) is 7.89. The highest BCUT2D eigenvalue weighted by atomic mass is 31.1. The van der Waals surface area contributed by atoms with Crippen LogP contribution in [0.25, 0.3) is 0 Å². The highest BCUT2D eigenvalue weighted by Gasteiger charge is 2.20. The van der Waals surface area contributed by atoms with Gasteiger partial charge in [0.25, 0.3) is 0 Å². The SMILES string of the molecule is CCOC(=O)C=C(C)CO[P+](=O)OCC(C)=CC(=O)OCC. The van der Waals surface area contributed by atoms with Crippen LogP contribution in [0.15, 0.2) is 23.3 Å². The molecular formula is C14H22O7P+. The average Bonchev–Trinajstić information content (AvgIpc) is 2.43. The molecule has 0 N–H and O–H groups in total. The standard InChI is InChI=1S/C14H22O7P/c1-5-18-13(15)7-11(3)9-20-22(17)21-10-12(4)8-14(16)19-6-2/h7-8H,5-6,9-10H2,1-4H3/q+1. The van der Waals surface area contributed by atoms with Crippen LogP contribution in [0.3, 0.4) is 0 Å². The number of carbonyl (C=O) groups excluding carboxylic acids is 2. The number of hydrogen-bond donors (Lipinski definition) is 0. The molecule has 7 nitrogen and oxygen atoms in total. The van der Waals surface area contributed by atoms with Gasteiger partial charge < -0.3 is 9.47 Å². The summed E-state index contributed by atoms with van der Waals surface area (Å²) in [5.74, 6) is -0.957. The summed E-state index contributed by atoms with van der Waals surface area (Å²) in [6, 6.07) is 0. The van der Waals surface area contributed by atoms with Gasteiger partial charge in [0.15, 0.2) is 0 Å².